The van der Waals surface area contributed by atoms with E-state index in [0.29, 0.717) is 11.3 Å². The van der Waals surface area contributed by atoms with Gasteiger partial charge >= 0.3 is 0 Å². The first kappa shape index (κ1) is 16.9. The summed E-state index contributed by atoms with van der Waals surface area (Å²) in [6.07, 6.45) is 0.575. The van der Waals surface area contributed by atoms with Crippen molar-refractivity contribution in [3.05, 3.63) is 63.5 Å². The largest absolute Gasteiger partial charge is 0.486 e. The highest BCUT2D eigenvalue weighted by Crippen LogP contribution is 2.31. The number of rotatable bonds is 5. The molecule has 0 amide bonds. The second-order valence-electron chi connectivity index (χ2n) is 3.82. The minimum atomic E-state index is 0.0199. The molecule has 0 radical (unpaired) electrons. The quantitative estimate of drug-likeness (QED) is 0.566. The molecule has 2 aromatic carbocycles. The van der Waals surface area contributed by atoms with Crippen LogP contribution in [0.25, 0.3) is 0 Å². The predicted octanol–water partition coefficient (Wildman–Crippen LogP) is 5.16. The van der Waals surface area contributed by atoms with E-state index in [2.05, 4.69) is 5.18 Å². The fraction of sp³-hybridized carbons (Fsp3) is 0.188. The number of hydrogen-bond acceptors (Lipinski definition) is 4. The number of aldehydes is 1. The van der Waals surface area contributed by atoms with E-state index >= 15 is 0 Å². The highest BCUT2D eigenvalue weighted by molar-refractivity contribution is 6.30. The number of carbonyl (C=O) groups excluding carboxylic acids is 1. The van der Waals surface area contributed by atoms with Crippen LogP contribution >= 0.6 is 11.6 Å². The third-order valence-electron chi connectivity index (χ3n) is 2.56. The summed E-state index contributed by atoms with van der Waals surface area (Å²) in [5, 5.41) is 3.48. The normalized spacial score (nSPS) is 9.29. The first-order valence-corrected chi connectivity index (χ1v) is 6.91. The molecule has 110 valence electrons. The van der Waals surface area contributed by atoms with Gasteiger partial charge in [0.25, 0.3) is 0 Å². The van der Waals surface area contributed by atoms with Crippen molar-refractivity contribution >= 4 is 23.6 Å². The Hall–Kier alpha value is -2.20. The molecule has 0 unspecified atom stereocenters. The van der Waals surface area contributed by atoms with Crippen molar-refractivity contribution in [3.63, 3.8) is 0 Å². The first-order valence-electron chi connectivity index (χ1n) is 6.53. The van der Waals surface area contributed by atoms with Crippen LogP contribution in [0.3, 0.4) is 0 Å². The van der Waals surface area contributed by atoms with Crippen molar-refractivity contribution in [2.45, 2.75) is 20.5 Å². The summed E-state index contributed by atoms with van der Waals surface area (Å²) in [4.78, 5) is 21.5. The maximum Gasteiger partial charge on any atom is 0.160 e. The monoisotopic (exact) mass is 305 g/mol. The Morgan fingerprint density at radius 2 is 1.81 bits per heavy atom. The van der Waals surface area contributed by atoms with Gasteiger partial charge in [0, 0.05) is 10.6 Å². The molecule has 4 nitrogen and oxygen atoms in total. The lowest BCUT2D eigenvalue weighted by molar-refractivity contribution is 0.112. The Kier molecular flexibility index (Phi) is 7.12. The zero-order valence-corrected chi connectivity index (χ0v) is 12.6. The van der Waals surface area contributed by atoms with Crippen molar-refractivity contribution in [2.75, 3.05) is 0 Å². The van der Waals surface area contributed by atoms with E-state index in [4.69, 9.17) is 16.3 Å². The number of halogens is 1. The number of carbonyl (C=O) groups is 1. The Morgan fingerprint density at radius 1 is 1.14 bits per heavy atom. The molecule has 5 heteroatoms. The standard InChI is InChI=1S/C14H10ClNO3.C2H6/c15-12-6-4-10(5-7-12)9-19-13-3-1-2-11(8-17)14(13)16-18;1-2/h1-8H,9H2;1-2H3. The number of benzene rings is 2. The topological polar surface area (TPSA) is 55.7 Å². The van der Waals surface area contributed by atoms with Crippen LogP contribution in [0.4, 0.5) is 5.69 Å². The number of nitroso groups, excluding NO2 is 1. The van der Waals surface area contributed by atoms with E-state index in [9.17, 15) is 9.70 Å². The molecule has 0 bridgehead atoms. The summed E-state index contributed by atoms with van der Waals surface area (Å²) in [6, 6.07) is 11.9. The first-order chi connectivity index (χ1) is 10.2. The highest BCUT2D eigenvalue weighted by Gasteiger charge is 2.09. The minimum Gasteiger partial charge on any atom is -0.486 e. The van der Waals surface area contributed by atoms with E-state index in [1.54, 1.807) is 24.3 Å². The number of nitrogens with zero attached hydrogens (tertiary/aromatic N) is 1. The highest BCUT2D eigenvalue weighted by atomic mass is 35.5. The van der Waals surface area contributed by atoms with Crippen molar-refractivity contribution in [1.82, 2.24) is 0 Å². The van der Waals surface area contributed by atoms with Gasteiger partial charge in [-0.1, -0.05) is 43.6 Å². The average Bonchev–Trinajstić information content (AvgIpc) is 2.55. The fourth-order valence-electron chi connectivity index (χ4n) is 1.59. The Labute approximate surface area is 128 Å². The van der Waals surface area contributed by atoms with Crippen LogP contribution < -0.4 is 4.74 Å². The molecule has 0 aliphatic heterocycles. The van der Waals surface area contributed by atoms with Crippen molar-refractivity contribution in [3.8, 4) is 5.75 Å². The number of ether oxygens (including phenoxy) is 1. The molecule has 0 aromatic heterocycles. The molecule has 2 aromatic rings. The Morgan fingerprint density at radius 3 is 2.38 bits per heavy atom. The van der Waals surface area contributed by atoms with Gasteiger partial charge < -0.3 is 4.74 Å². The van der Waals surface area contributed by atoms with Crippen molar-refractivity contribution in [2.24, 2.45) is 5.18 Å². The molecule has 0 fully saturated rings. The molecule has 2 rings (SSSR count). The number of hydrogen-bond donors (Lipinski definition) is 0. The van der Waals surface area contributed by atoms with Crippen LogP contribution in [0.2, 0.25) is 5.02 Å². The Balaban J connectivity index is 0.00000106. The summed E-state index contributed by atoms with van der Waals surface area (Å²) in [7, 11) is 0. The van der Waals surface area contributed by atoms with Crippen LogP contribution in [-0.4, -0.2) is 6.29 Å². The minimum absolute atomic E-state index is 0.0199. The van der Waals surface area contributed by atoms with Gasteiger partial charge in [0.2, 0.25) is 0 Å². The summed E-state index contributed by atoms with van der Waals surface area (Å²) in [6.45, 7) is 4.27. The van der Waals surface area contributed by atoms with E-state index in [1.807, 2.05) is 26.0 Å². The maximum absolute atomic E-state index is 10.8. The molecular weight excluding hydrogens is 290 g/mol. The predicted molar refractivity (Wildman–Crippen MR) is 84.4 cm³/mol. The summed E-state index contributed by atoms with van der Waals surface area (Å²) in [5.41, 5.74) is 1.13. The summed E-state index contributed by atoms with van der Waals surface area (Å²) >= 11 is 5.78. The molecule has 0 N–H and O–H groups in total. The molecule has 0 atom stereocenters. The molecule has 0 aliphatic rings. The van der Waals surface area contributed by atoms with Gasteiger partial charge in [0.15, 0.2) is 12.0 Å². The Bertz CT molecular complexity index is 597. The van der Waals surface area contributed by atoms with Gasteiger partial charge in [-0.3, -0.25) is 4.79 Å². The average molecular weight is 306 g/mol. The van der Waals surface area contributed by atoms with Crippen molar-refractivity contribution in [1.29, 1.82) is 0 Å². The van der Waals surface area contributed by atoms with Gasteiger partial charge in [-0.05, 0) is 35.0 Å². The lowest BCUT2D eigenvalue weighted by Gasteiger charge is -2.08. The second-order valence-corrected chi connectivity index (χ2v) is 4.25. The van der Waals surface area contributed by atoms with E-state index in [-0.39, 0.29) is 23.6 Å². The summed E-state index contributed by atoms with van der Waals surface area (Å²) in [5.74, 6) is 0.287. The van der Waals surface area contributed by atoms with Gasteiger partial charge in [-0.15, -0.1) is 4.91 Å². The van der Waals surface area contributed by atoms with Gasteiger partial charge in [0.1, 0.15) is 12.4 Å². The van der Waals surface area contributed by atoms with Gasteiger partial charge in [-0.25, -0.2) is 0 Å². The molecule has 0 saturated carbocycles. The molecule has 0 heterocycles. The van der Waals surface area contributed by atoms with Crippen LogP contribution in [0, 0.1) is 4.91 Å². The smallest absolute Gasteiger partial charge is 0.160 e. The van der Waals surface area contributed by atoms with Crippen LogP contribution in [0.5, 0.6) is 5.75 Å². The van der Waals surface area contributed by atoms with Gasteiger partial charge in [-0.2, -0.15) is 0 Å². The lowest BCUT2D eigenvalue weighted by atomic mass is 10.2. The molecule has 0 saturated heterocycles. The fourth-order valence-corrected chi connectivity index (χ4v) is 1.72. The third-order valence-corrected chi connectivity index (χ3v) is 2.81. The van der Waals surface area contributed by atoms with Gasteiger partial charge in [0.05, 0.1) is 0 Å². The zero-order chi connectivity index (χ0) is 15.7. The van der Waals surface area contributed by atoms with E-state index in [1.165, 1.54) is 6.07 Å². The van der Waals surface area contributed by atoms with E-state index < -0.39 is 0 Å². The van der Waals surface area contributed by atoms with Crippen LogP contribution in [0.1, 0.15) is 29.8 Å². The zero-order valence-electron chi connectivity index (χ0n) is 11.9. The van der Waals surface area contributed by atoms with E-state index in [0.717, 1.165) is 5.56 Å². The SMILES string of the molecule is CC.O=Cc1cccc(OCc2ccc(Cl)cc2)c1N=O. The molecule has 21 heavy (non-hydrogen) atoms. The summed E-state index contributed by atoms with van der Waals surface area (Å²) < 4.78 is 5.50. The van der Waals surface area contributed by atoms with Crippen LogP contribution in [0.15, 0.2) is 47.6 Å². The molecular formula is C16H16ClNO3. The lowest BCUT2D eigenvalue weighted by Crippen LogP contribution is -1.96. The molecule has 0 aliphatic carbocycles. The third kappa shape index (κ3) is 4.68. The second kappa shape index (κ2) is 8.87. The van der Waals surface area contributed by atoms with Crippen molar-refractivity contribution < 1.29 is 9.53 Å². The molecule has 0 spiro atoms. The van der Waals surface area contributed by atoms with Crippen LogP contribution in [-0.2, 0) is 6.61 Å². The maximum atomic E-state index is 10.8.